The third-order valence-electron chi connectivity index (χ3n) is 4.27. The van der Waals surface area contributed by atoms with E-state index in [4.69, 9.17) is 0 Å². The number of likely N-dealkylation sites (tertiary alicyclic amines) is 1. The Morgan fingerprint density at radius 1 is 1.24 bits per heavy atom. The van der Waals surface area contributed by atoms with Crippen LogP contribution in [0.25, 0.3) is 0 Å². The first-order valence-corrected chi connectivity index (χ1v) is 8.81. The number of aryl methyl sites for hydroxylation is 1. The van der Waals surface area contributed by atoms with Crippen LogP contribution < -0.4 is 5.32 Å². The molecule has 25 heavy (non-hydrogen) atoms. The lowest BCUT2D eigenvalue weighted by Crippen LogP contribution is -2.46. The van der Waals surface area contributed by atoms with Gasteiger partial charge in [0.1, 0.15) is 5.82 Å². The van der Waals surface area contributed by atoms with E-state index in [0.717, 1.165) is 10.5 Å². The van der Waals surface area contributed by atoms with Gasteiger partial charge in [0.15, 0.2) is 4.75 Å². The fourth-order valence-corrected chi connectivity index (χ4v) is 4.10. The van der Waals surface area contributed by atoms with Gasteiger partial charge in [-0.05, 0) is 43.2 Å². The Morgan fingerprint density at radius 3 is 2.56 bits per heavy atom. The standard InChI is InChI=1S/C19H19FN2O2S/c1-13-8-9-16(15(20)12-13)21-17(23)19(10-11-22(2)18(19)24)25-14-6-4-3-5-7-14/h3-9,12H,10-11H2,1-2H3,(H,21,23). The lowest BCUT2D eigenvalue weighted by atomic mass is 10.1. The van der Waals surface area contributed by atoms with Crippen molar-refractivity contribution in [3.63, 3.8) is 0 Å². The Morgan fingerprint density at radius 2 is 1.96 bits per heavy atom. The van der Waals surface area contributed by atoms with Gasteiger partial charge in [-0.1, -0.05) is 36.0 Å². The Labute approximate surface area is 150 Å². The number of benzene rings is 2. The summed E-state index contributed by atoms with van der Waals surface area (Å²) in [4.78, 5) is 28.1. The van der Waals surface area contributed by atoms with Gasteiger partial charge in [-0.2, -0.15) is 0 Å². The molecule has 0 saturated carbocycles. The van der Waals surface area contributed by atoms with Crippen LogP contribution in [-0.4, -0.2) is 35.1 Å². The lowest BCUT2D eigenvalue weighted by molar-refractivity contribution is -0.133. The Kier molecular flexibility index (Phi) is 4.81. The molecule has 4 nitrogen and oxygen atoms in total. The number of carbonyl (C=O) groups is 2. The maximum atomic E-state index is 14.1. The molecule has 0 aromatic heterocycles. The number of hydrogen-bond acceptors (Lipinski definition) is 3. The SMILES string of the molecule is Cc1ccc(NC(=O)C2(Sc3ccccc3)CCN(C)C2=O)c(F)c1. The maximum Gasteiger partial charge on any atom is 0.250 e. The van der Waals surface area contributed by atoms with E-state index in [2.05, 4.69) is 5.32 Å². The van der Waals surface area contributed by atoms with Gasteiger partial charge in [0.05, 0.1) is 5.69 Å². The van der Waals surface area contributed by atoms with Crippen LogP contribution in [-0.2, 0) is 9.59 Å². The monoisotopic (exact) mass is 358 g/mol. The minimum Gasteiger partial charge on any atom is -0.344 e. The first-order valence-electron chi connectivity index (χ1n) is 7.99. The number of hydrogen-bond donors (Lipinski definition) is 1. The molecule has 0 spiro atoms. The van der Waals surface area contributed by atoms with Crippen molar-refractivity contribution >= 4 is 29.3 Å². The van der Waals surface area contributed by atoms with Gasteiger partial charge in [-0.15, -0.1) is 0 Å². The normalized spacial score (nSPS) is 20.0. The van der Waals surface area contributed by atoms with Crippen LogP contribution in [0.4, 0.5) is 10.1 Å². The van der Waals surface area contributed by atoms with Gasteiger partial charge >= 0.3 is 0 Å². The molecule has 1 aliphatic heterocycles. The van der Waals surface area contributed by atoms with Crippen molar-refractivity contribution in [3.05, 3.63) is 59.9 Å². The van der Waals surface area contributed by atoms with Gasteiger partial charge in [0.25, 0.3) is 5.91 Å². The number of halogens is 1. The molecule has 2 aromatic carbocycles. The number of nitrogens with one attached hydrogen (secondary N) is 1. The summed E-state index contributed by atoms with van der Waals surface area (Å²) < 4.78 is 12.8. The summed E-state index contributed by atoms with van der Waals surface area (Å²) in [5.74, 6) is -1.25. The molecular weight excluding hydrogens is 339 g/mol. The van der Waals surface area contributed by atoms with Crippen molar-refractivity contribution in [2.45, 2.75) is 23.0 Å². The zero-order valence-corrected chi connectivity index (χ0v) is 14.9. The van der Waals surface area contributed by atoms with E-state index in [1.807, 2.05) is 30.3 Å². The predicted molar refractivity (Wildman–Crippen MR) is 97.1 cm³/mol. The third kappa shape index (κ3) is 3.39. The molecule has 0 bridgehead atoms. The number of rotatable bonds is 4. The largest absolute Gasteiger partial charge is 0.344 e. The molecule has 1 N–H and O–H groups in total. The summed E-state index contributed by atoms with van der Waals surface area (Å²) in [6.07, 6.45) is 0.376. The summed E-state index contributed by atoms with van der Waals surface area (Å²) in [6, 6.07) is 13.9. The van der Waals surface area contributed by atoms with Crippen LogP contribution in [0.1, 0.15) is 12.0 Å². The molecule has 1 heterocycles. The van der Waals surface area contributed by atoms with Crippen molar-refractivity contribution < 1.29 is 14.0 Å². The predicted octanol–water partition coefficient (Wildman–Crippen LogP) is 3.47. The summed E-state index contributed by atoms with van der Waals surface area (Å²) in [5.41, 5.74) is 0.853. The number of amides is 2. The van der Waals surface area contributed by atoms with E-state index >= 15 is 0 Å². The molecule has 1 saturated heterocycles. The van der Waals surface area contributed by atoms with Crippen molar-refractivity contribution in [2.75, 3.05) is 18.9 Å². The van der Waals surface area contributed by atoms with Crippen LogP contribution in [0, 0.1) is 12.7 Å². The molecule has 3 rings (SSSR count). The van der Waals surface area contributed by atoms with Gasteiger partial charge in [0, 0.05) is 18.5 Å². The van der Waals surface area contributed by atoms with Crippen LogP contribution in [0.3, 0.4) is 0 Å². The quantitative estimate of drug-likeness (QED) is 0.852. The van der Waals surface area contributed by atoms with Gasteiger partial charge < -0.3 is 10.2 Å². The molecule has 130 valence electrons. The van der Waals surface area contributed by atoms with E-state index in [-0.39, 0.29) is 11.6 Å². The van der Waals surface area contributed by atoms with Crippen molar-refractivity contribution in [1.82, 2.24) is 4.90 Å². The van der Waals surface area contributed by atoms with Gasteiger partial charge in [0.2, 0.25) is 5.91 Å². The summed E-state index contributed by atoms with van der Waals surface area (Å²) >= 11 is 1.22. The van der Waals surface area contributed by atoms with Crippen LogP contribution in [0.5, 0.6) is 0 Å². The Hall–Kier alpha value is -2.34. The minimum atomic E-state index is -1.28. The van der Waals surface area contributed by atoms with Crippen molar-refractivity contribution in [3.8, 4) is 0 Å². The van der Waals surface area contributed by atoms with Crippen molar-refractivity contribution in [2.24, 2.45) is 0 Å². The molecule has 1 aliphatic rings. The molecule has 2 amide bonds. The third-order valence-corrected chi connectivity index (χ3v) is 5.69. The highest BCUT2D eigenvalue weighted by atomic mass is 32.2. The van der Waals surface area contributed by atoms with E-state index < -0.39 is 16.5 Å². The highest BCUT2D eigenvalue weighted by Gasteiger charge is 2.52. The molecule has 6 heteroatoms. The highest BCUT2D eigenvalue weighted by molar-refractivity contribution is 8.02. The van der Waals surface area contributed by atoms with E-state index in [0.29, 0.717) is 13.0 Å². The molecule has 0 radical (unpaired) electrons. The molecular formula is C19H19FN2O2S. The average molecular weight is 358 g/mol. The second-order valence-corrected chi connectivity index (χ2v) is 7.53. The maximum absolute atomic E-state index is 14.1. The van der Waals surface area contributed by atoms with Crippen LogP contribution in [0.2, 0.25) is 0 Å². The minimum absolute atomic E-state index is 0.0889. The molecule has 1 fully saturated rings. The first kappa shape index (κ1) is 17.5. The summed E-state index contributed by atoms with van der Waals surface area (Å²) in [5, 5.41) is 2.61. The van der Waals surface area contributed by atoms with E-state index in [1.165, 1.54) is 23.9 Å². The number of anilines is 1. The molecule has 0 aliphatic carbocycles. The number of thioether (sulfide) groups is 1. The molecule has 1 atom stereocenters. The highest BCUT2D eigenvalue weighted by Crippen LogP contribution is 2.41. The fraction of sp³-hybridized carbons (Fsp3) is 0.263. The lowest BCUT2D eigenvalue weighted by Gasteiger charge is -2.25. The Bertz CT molecular complexity index is 812. The molecule has 1 unspecified atom stereocenters. The zero-order valence-electron chi connectivity index (χ0n) is 14.1. The topological polar surface area (TPSA) is 49.4 Å². The van der Waals surface area contributed by atoms with Crippen molar-refractivity contribution in [1.29, 1.82) is 0 Å². The number of nitrogens with zero attached hydrogens (tertiary/aromatic N) is 1. The van der Waals surface area contributed by atoms with Crippen LogP contribution >= 0.6 is 11.8 Å². The second-order valence-electron chi connectivity index (χ2n) is 6.16. The van der Waals surface area contributed by atoms with E-state index in [1.54, 1.807) is 24.9 Å². The first-order chi connectivity index (χ1) is 11.9. The fourth-order valence-electron chi connectivity index (χ4n) is 2.83. The summed E-state index contributed by atoms with van der Waals surface area (Å²) in [7, 11) is 1.68. The van der Waals surface area contributed by atoms with Gasteiger partial charge in [-0.25, -0.2) is 4.39 Å². The number of carbonyl (C=O) groups excluding carboxylic acids is 2. The Balaban J connectivity index is 1.92. The molecule has 2 aromatic rings. The second kappa shape index (κ2) is 6.88. The van der Waals surface area contributed by atoms with Crippen LogP contribution in [0.15, 0.2) is 53.4 Å². The average Bonchev–Trinajstić information content (AvgIpc) is 2.88. The zero-order chi connectivity index (χ0) is 18.0. The summed E-state index contributed by atoms with van der Waals surface area (Å²) in [6.45, 7) is 2.26. The van der Waals surface area contributed by atoms with E-state index in [9.17, 15) is 14.0 Å². The van der Waals surface area contributed by atoms with Gasteiger partial charge in [-0.3, -0.25) is 9.59 Å². The smallest absolute Gasteiger partial charge is 0.250 e.